The molecule has 9 heteroatoms. The van der Waals surface area contributed by atoms with Crippen molar-refractivity contribution in [2.24, 2.45) is 11.8 Å². The zero-order valence-electron chi connectivity index (χ0n) is 17.8. The largest absolute Gasteiger partial charge is 0.418 e. The molecule has 2 aliphatic heterocycles. The number of fused-ring (bicyclic) bond motifs is 1. The van der Waals surface area contributed by atoms with Crippen molar-refractivity contribution in [2.75, 3.05) is 38.1 Å². The number of nitrogens with one attached hydrogen (secondary N) is 1. The smallest absolute Gasteiger partial charge is 0.367 e. The summed E-state index contributed by atoms with van der Waals surface area (Å²) in [5.74, 6) is 0.652. The lowest BCUT2D eigenvalue weighted by atomic mass is 9.93. The number of likely N-dealkylation sites (tertiary alicyclic amines) is 1. The third-order valence-electron chi connectivity index (χ3n) is 6.52. The van der Waals surface area contributed by atoms with E-state index < -0.39 is 11.7 Å². The molecule has 1 amide bonds. The predicted molar refractivity (Wildman–Crippen MR) is 113 cm³/mol. The molecule has 0 spiro atoms. The molecule has 2 aliphatic rings. The predicted octanol–water partition coefficient (Wildman–Crippen LogP) is 3.32. The first kappa shape index (κ1) is 21.8. The number of halogens is 3. The summed E-state index contributed by atoms with van der Waals surface area (Å²) in [5.41, 5.74) is -0.0673. The first-order valence-electron chi connectivity index (χ1n) is 10.8. The Balaban J connectivity index is 1.46. The highest BCUT2D eigenvalue weighted by atomic mass is 19.4. The topological polar surface area (TPSA) is 61.4 Å². The Labute approximate surface area is 179 Å². The summed E-state index contributed by atoms with van der Waals surface area (Å²) in [6.45, 7) is 5.27. The summed E-state index contributed by atoms with van der Waals surface area (Å²) in [6, 6.07) is 2.49. The number of amides is 1. The SMILES string of the molecule is CC1CN(c2ccc(C(F)(F)F)c3nccnc23)CC1NC(=O)CC1CCN(C)CC1. The molecule has 2 unspecified atom stereocenters. The number of nitrogens with zero attached hydrogens (tertiary/aromatic N) is 4. The van der Waals surface area contributed by atoms with Crippen LogP contribution in [0.15, 0.2) is 24.5 Å². The number of aromatic nitrogens is 2. The van der Waals surface area contributed by atoms with Gasteiger partial charge in [0.15, 0.2) is 0 Å². The number of hydrogen-bond acceptors (Lipinski definition) is 5. The zero-order chi connectivity index (χ0) is 22.2. The van der Waals surface area contributed by atoms with Crippen LogP contribution in [0.1, 0.15) is 31.7 Å². The van der Waals surface area contributed by atoms with E-state index >= 15 is 0 Å². The van der Waals surface area contributed by atoms with Crippen LogP contribution in [0, 0.1) is 11.8 Å². The highest BCUT2D eigenvalue weighted by Gasteiger charge is 2.36. The molecule has 3 heterocycles. The Morgan fingerprint density at radius 2 is 1.81 bits per heavy atom. The first-order chi connectivity index (χ1) is 14.7. The Hall–Kier alpha value is -2.42. The van der Waals surface area contributed by atoms with Crippen molar-refractivity contribution in [1.29, 1.82) is 0 Å². The molecule has 2 aromatic rings. The lowest BCUT2D eigenvalue weighted by Crippen LogP contribution is -2.41. The molecule has 1 aromatic carbocycles. The van der Waals surface area contributed by atoms with Gasteiger partial charge in [-0.05, 0) is 56.9 Å². The fraction of sp³-hybridized carbons (Fsp3) is 0.591. The van der Waals surface area contributed by atoms with E-state index in [1.54, 1.807) is 0 Å². The third-order valence-corrected chi connectivity index (χ3v) is 6.52. The maximum Gasteiger partial charge on any atom is 0.418 e. The van der Waals surface area contributed by atoms with E-state index in [4.69, 9.17) is 0 Å². The van der Waals surface area contributed by atoms with Gasteiger partial charge in [0.25, 0.3) is 0 Å². The molecule has 1 N–H and O–H groups in total. The normalized spacial score (nSPS) is 23.5. The number of piperidine rings is 1. The van der Waals surface area contributed by atoms with Gasteiger partial charge in [0.2, 0.25) is 5.91 Å². The van der Waals surface area contributed by atoms with Crippen molar-refractivity contribution in [1.82, 2.24) is 20.2 Å². The van der Waals surface area contributed by atoms with E-state index in [2.05, 4.69) is 34.2 Å². The average Bonchev–Trinajstić information content (AvgIpc) is 3.08. The summed E-state index contributed by atoms with van der Waals surface area (Å²) < 4.78 is 40.1. The number of alkyl halides is 3. The van der Waals surface area contributed by atoms with Crippen LogP contribution in [-0.4, -0.2) is 60.0 Å². The Morgan fingerprint density at radius 3 is 2.48 bits per heavy atom. The second kappa shape index (κ2) is 8.61. The van der Waals surface area contributed by atoms with Crippen molar-refractivity contribution in [3.05, 3.63) is 30.1 Å². The van der Waals surface area contributed by atoms with Gasteiger partial charge in [-0.25, -0.2) is 0 Å². The van der Waals surface area contributed by atoms with Crippen LogP contribution in [0.3, 0.4) is 0 Å². The number of rotatable bonds is 4. The van der Waals surface area contributed by atoms with Gasteiger partial charge >= 0.3 is 6.18 Å². The van der Waals surface area contributed by atoms with E-state index in [1.165, 1.54) is 18.5 Å². The van der Waals surface area contributed by atoms with Gasteiger partial charge in [0.05, 0.1) is 17.3 Å². The molecule has 31 heavy (non-hydrogen) atoms. The molecule has 0 saturated carbocycles. The summed E-state index contributed by atoms with van der Waals surface area (Å²) in [7, 11) is 2.10. The van der Waals surface area contributed by atoms with Crippen molar-refractivity contribution in [2.45, 2.75) is 38.4 Å². The van der Waals surface area contributed by atoms with Crippen LogP contribution in [0.25, 0.3) is 11.0 Å². The van der Waals surface area contributed by atoms with Gasteiger partial charge in [-0.2, -0.15) is 13.2 Å². The molecule has 1 aromatic heterocycles. The molecule has 0 bridgehead atoms. The highest BCUT2D eigenvalue weighted by molar-refractivity contribution is 5.91. The van der Waals surface area contributed by atoms with Gasteiger partial charge in [-0.3, -0.25) is 14.8 Å². The number of anilines is 1. The van der Waals surface area contributed by atoms with Crippen molar-refractivity contribution >= 4 is 22.6 Å². The third kappa shape index (κ3) is 4.76. The minimum absolute atomic E-state index is 0.0484. The minimum Gasteiger partial charge on any atom is -0.367 e. The van der Waals surface area contributed by atoms with Gasteiger partial charge in [0.1, 0.15) is 11.0 Å². The van der Waals surface area contributed by atoms with E-state index in [-0.39, 0.29) is 28.9 Å². The Bertz CT molecular complexity index is 942. The van der Waals surface area contributed by atoms with Gasteiger partial charge in [-0.15, -0.1) is 0 Å². The minimum atomic E-state index is -4.49. The lowest BCUT2D eigenvalue weighted by molar-refractivity contribution is -0.136. The van der Waals surface area contributed by atoms with E-state index in [0.29, 0.717) is 31.1 Å². The van der Waals surface area contributed by atoms with E-state index in [1.807, 2.05) is 4.90 Å². The first-order valence-corrected chi connectivity index (χ1v) is 10.8. The van der Waals surface area contributed by atoms with E-state index in [9.17, 15) is 18.0 Å². The van der Waals surface area contributed by atoms with Crippen molar-refractivity contribution in [3.8, 4) is 0 Å². The molecule has 2 fully saturated rings. The summed E-state index contributed by atoms with van der Waals surface area (Å²) >= 11 is 0. The lowest BCUT2D eigenvalue weighted by Gasteiger charge is -2.29. The fourth-order valence-corrected chi connectivity index (χ4v) is 4.67. The summed E-state index contributed by atoms with van der Waals surface area (Å²) in [4.78, 5) is 25.1. The summed E-state index contributed by atoms with van der Waals surface area (Å²) in [6.07, 6.45) is 0.798. The molecule has 4 rings (SSSR count). The number of benzene rings is 1. The number of carbonyl (C=O) groups is 1. The van der Waals surface area contributed by atoms with Crippen molar-refractivity contribution < 1.29 is 18.0 Å². The van der Waals surface area contributed by atoms with Crippen LogP contribution in [0.5, 0.6) is 0 Å². The number of carbonyl (C=O) groups excluding carboxylic acids is 1. The standard InChI is InChI=1S/C22H28F3N5O/c1-14-12-30(13-17(14)28-19(31)11-15-5-9-29(2)10-6-15)18-4-3-16(22(23,24)25)20-21(18)27-8-7-26-20/h3-4,7-8,14-15,17H,5-6,9-13H2,1-2H3,(H,28,31). The molecule has 168 valence electrons. The number of hydrogen-bond donors (Lipinski definition) is 1. The Morgan fingerprint density at radius 1 is 1.13 bits per heavy atom. The second-order valence-corrected chi connectivity index (χ2v) is 8.89. The van der Waals surface area contributed by atoms with Gasteiger partial charge < -0.3 is 15.1 Å². The van der Waals surface area contributed by atoms with Crippen LogP contribution in [0.4, 0.5) is 18.9 Å². The van der Waals surface area contributed by atoms with E-state index in [0.717, 1.165) is 32.0 Å². The van der Waals surface area contributed by atoms with Crippen LogP contribution < -0.4 is 10.2 Å². The van der Waals surface area contributed by atoms with Crippen LogP contribution in [-0.2, 0) is 11.0 Å². The molecular weight excluding hydrogens is 407 g/mol. The monoisotopic (exact) mass is 435 g/mol. The fourth-order valence-electron chi connectivity index (χ4n) is 4.67. The molecule has 0 aliphatic carbocycles. The average molecular weight is 435 g/mol. The maximum atomic E-state index is 13.4. The Kier molecular flexibility index (Phi) is 6.05. The van der Waals surface area contributed by atoms with Crippen LogP contribution >= 0.6 is 0 Å². The molecule has 2 saturated heterocycles. The van der Waals surface area contributed by atoms with Gasteiger partial charge in [-0.1, -0.05) is 6.92 Å². The maximum absolute atomic E-state index is 13.4. The quantitative estimate of drug-likeness (QED) is 0.799. The highest BCUT2D eigenvalue weighted by Crippen LogP contribution is 2.38. The molecule has 6 nitrogen and oxygen atoms in total. The summed E-state index contributed by atoms with van der Waals surface area (Å²) in [5, 5.41) is 3.16. The van der Waals surface area contributed by atoms with Crippen molar-refractivity contribution in [3.63, 3.8) is 0 Å². The second-order valence-electron chi connectivity index (χ2n) is 8.89. The molecular formula is C22H28F3N5O. The molecule has 0 radical (unpaired) electrons. The zero-order valence-corrected chi connectivity index (χ0v) is 17.8. The molecule has 2 atom stereocenters. The van der Waals surface area contributed by atoms with Gasteiger partial charge in [0, 0.05) is 31.9 Å². The van der Waals surface area contributed by atoms with Crippen LogP contribution in [0.2, 0.25) is 0 Å².